The molecule has 0 bridgehead atoms. The summed E-state index contributed by atoms with van der Waals surface area (Å²) >= 11 is 1.63. The molecule has 2 aromatic rings. The molecule has 0 spiro atoms. The minimum Gasteiger partial charge on any atom is -0.312 e. The molecule has 3 rings (SSSR count). The van der Waals surface area contributed by atoms with Crippen molar-refractivity contribution in [2.24, 2.45) is 5.41 Å². The van der Waals surface area contributed by atoms with Gasteiger partial charge in [0.15, 0.2) is 0 Å². The zero-order valence-corrected chi connectivity index (χ0v) is 13.8. The molecule has 112 valence electrons. The average Bonchev–Trinajstić information content (AvgIpc) is 2.82. The Morgan fingerprint density at radius 3 is 2.86 bits per heavy atom. The van der Waals surface area contributed by atoms with Gasteiger partial charge in [-0.05, 0) is 44.4 Å². The molecular formula is C17H21FN2S. The van der Waals surface area contributed by atoms with E-state index >= 15 is 0 Å². The third kappa shape index (κ3) is 2.74. The number of hydrogen-bond acceptors (Lipinski definition) is 3. The third-order valence-electron chi connectivity index (χ3n) is 4.15. The molecule has 1 aromatic carbocycles. The van der Waals surface area contributed by atoms with Crippen molar-refractivity contribution >= 4 is 11.3 Å². The van der Waals surface area contributed by atoms with Gasteiger partial charge >= 0.3 is 0 Å². The molecule has 0 radical (unpaired) electrons. The molecule has 1 atom stereocenters. The van der Waals surface area contributed by atoms with Crippen LogP contribution in [-0.2, 0) is 6.42 Å². The Kier molecular flexibility index (Phi) is 3.62. The highest BCUT2D eigenvalue weighted by atomic mass is 32.1. The third-order valence-corrected chi connectivity index (χ3v) is 5.39. The van der Waals surface area contributed by atoms with Gasteiger partial charge in [-0.25, -0.2) is 9.37 Å². The van der Waals surface area contributed by atoms with Crippen molar-refractivity contribution in [3.05, 3.63) is 40.2 Å². The summed E-state index contributed by atoms with van der Waals surface area (Å²) in [4.78, 5) is 6.03. The minimum absolute atomic E-state index is 0.188. The number of benzene rings is 1. The number of thiazole rings is 1. The van der Waals surface area contributed by atoms with Crippen molar-refractivity contribution in [1.29, 1.82) is 0 Å². The SMILES string of the molecule is CNC1CC(C)(C)Cc2nc(-c3cc(C)ccc3F)sc21. The first kappa shape index (κ1) is 14.7. The molecule has 1 aliphatic rings. The van der Waals surface area contributed by atoms with Crippen molar-refractivity contribution in [3.8, 4) is 10.6 Å². The van der Waals surface area contributed by atoms with E-state index < -0.39 is 0 Å². The second-order valence-electron chi connectivity index (χ2n) is 6.70. The number of aromatic nitrogens is 1. The Labute approximate surface area is 129 Å². The van der Waals surface area contributed by atoms with E-state index in [0.29, 0.717) is 11.6 Å². The first-order chi connectivity index (χ1) is 9.89. The number of fused-ring (bicyclic) bond motifs is 1. The molecule has 1 aromatic heterocycles. The fourth-order valence-electron chi connectivity index (χ4n) is 3.08. The van der Waals surface area contributed by atoms with E-state index in [1.165, 1.54) is 10.9 Å². The van der Waals surface area contributed by atoms with Gasteiger partial charge in [-0.3, -0.25) is 0 Å². The van der Waals surface area contributed by atoms with Crippen LogP contribution in [0.25, 0.3) is 10.6 Å². The van der Waals surface area contributed by atoms with Crippen molar-refractivity contribution < 1.29 is 4.39 Å². The minimum atomic E-state index is -0.188. The topological polar surface area (TPSA) is 24.9 Å². The predicted molar refractivity (Wildman–Crippen MR) is 86.1 cm³/mol. The maximum atomic E-state index is 14.1. The molecule has 4 heteroatoms. The smallest absolute Gasteiger partial charge is 0.133 e. The standard InChI is InChI=1S/C17H21FN2S/c1-10-5-6-12(18)11(7-10)16-20-14-9-17(2,3)8-13(19-4)15(14)21-16/h5-7,13,19H,8-9H2,1-4H3. The van der Waals surface area contributed by atoms with E-state index in [-0.39, 0.29) is 11.2 Å². The molecule has 0 amide bonds. The van der Waals surface area contributed by atoms with Crippen molar-refractivity contribution in [2.75, 3.05) is 7.05 Å². The quantitative estimate of drug-likeness (QED) is 0.884. The number of nitrogens with one attached hydrogen (secondary N) is 1. The van der Waals surface area contributed by atoms with E-state index in [0.717, 1.165) is 29.1 Å². The zero-order valence-electron chi connectivity index (χ0n) is 13.0. The summed E-state index contributed by atoms with van der Waals surface area (Å²) in [5.74, 6) is -0.188. The van der Waals surface area contributed by atoms with Crippen LogP contribution in [0.1, 0.15) is 42.4 Å². The number of rotatable bonds is 2. The number of halogens is 1. The van der Waals surface area contributed by atoms with Crippen LogP contribution in [0.15, 0.2) is 18.2 Å². The highest BCUT2D eigenvalue weighted by Gasteiger charge is 2.34. The van der Waals surface area contributed by atoms with Crippen molar-refractivity contribution in [3.63, 3.8) is 0 Å². The van der Waals surface area contributed by atoms with Crippen LogP contribution in [0.3, 0.4) is 0 Å². The molecule has 1 N–H and O–H groups in total. The van der Waals surface area contributed by atoms with Crippen LogP contribution in [0.5, 0.6) is 0 Å². The summed E-state index contributed by atoms with van der Waals surface area (Å²) in [6.45, 7) is 6.52. The van der Waals surface area contributed by atoms with E-state index in [1.54, 1.807) is 17.4 Å². The van der Waals surface area contributed by atoms with Gasteiger partial charge in [0.2, 0.25) is 0 Å². The predicted octanol–water partition coefficient (Wildman–Crippen LogP) is 4.49. The molecular weight excluding hydrogens is 283 g/mol. The molecule has 1 aliphatic carbocycles. The number of aryl methyl sites for hydroxylation is 1. The van der Waals surface area contributed by atoms with Crippen LogP contribution in [0.4, 0.5) is 4.39 Å². The van der Waals surface area contributed by atoms with Crippen LogP contribution < -0.4 is 5.32 Å². The molecule has 0 fully saturated rings. The fourth-order valence-corrected chi connectivity index (χ4v) is 4.29. The Hall–Kier alpha value is -1.26. The summed E-state index contributed by atoms with van der Waals surface area (Å²) in [5, 5.41) is 4.19. The van der Waals surface area contributed by atoms with Gasteiger partial charge in [0.05, 0.1) is 5.69 Å². The molecule has 0 aliphatic heterocycles. The van der Waals surface area contributed by atoms with Gasteiger partial charge in [0.25, 0.3) is 0 Å². The second-order valence-corrected chi connectivity index (χ2v) is 7.73. The molecule has 2 nitrogen and oxygen atoms in total. The summed E-state index contributed by atoms with van der Waals surface area (Å²) in [5.41, 5.74) is 3.05. The summed E-state index contributed by atoms with van der Waals surface area (Å²) in [6.07, 6.45) is 2.05. The summed E-state index contributed by atoms with van der Waals surface area (Å²) in [6, 6.07) is 5.54. The largest absolute Gasteiger partial charge is 0.312 e. The molecule has 0 saturated carbocycles. The van der Waals surface area contributed by atoms with Crippen LogP contribution >= 0.6 is 11.3 Å². The lowest BCUT2D eigenvalue weighted by Crippen LogP contribution is -2.30. The van der Waals surface area contributed by atoms with E-state index in [9.17, 15) is 4.39 Å². The molecule has 0 saturated heterocycles. The van der Waals surface area contributed by atoms with Crippen LogP contribution in [0, 0.1) is 18.2 Å². The van der Waals surface area contributed by atoms with E-state index in [2.05, 4.69) is 19.2 Å². The van der Waals surface area contributed by atoms with Gasteiger partial charge in [0, 0.05) is 16.5 Å². The Balaban J connectivity index is 2.08. The van der Waals surface area contributed by atoms with Gasteiger partial charge in [-0.1, -0.05) is 25.5 Å². The van der Waals surface area contributed by atoms with Crippen molar-refractivity contribution in [2.45, 2.75) is 39.7 Å². The first-order valence-electron chi connectivity index (χ1n) is 7.33. The van der Waals surface area contributed by atoms with Crippen LogP contribution in [-0.4, -0.2) is 12.0 Å². The van der Waals surface area contributed by atoms with Gasteiger partial charge in [-0.2, -0.15) is 0 Å². The summed E-state index contributed by atoms with van der Waals surface area (Å²) < 4.78 is 14.1. The Morgan fingerprint density at radius 2 is 2.14 bits per heavy atom. The highest BCUT2D eigenvalue weighted by molar-refractivity contribution is 7.15. The van der Waals surface area contributed by atoms with Gasteiger partial charge in [0.1, 0.15) is 10.8 Å². The normalized spacial score (nSPS) is 20.3. The fraction of sp³-hybridized carbons (Fsp3) is 0.471. The zero-order chi connectivity index (χ0) is 15.2. The Bertz CT molecular complexity index is 675. The van der Waals surface area contributed by atoms with E-state index in [1.807, 2.05) is 20.0 Å². The van der Waals surface area contributed by atoms with Gasteiger partial charge in [-0.15, -0.1) is 11.3 Å². The second kappa shape index (κ2) is 5.18. The lowest BCUT2D eigenvalue weighted by atomic mass is 9.76. The maximum Gasteiger partial charge on any atom is 0.133 e. The molecule has 1 heterocycles. The highest BCUT2D eigenvalue weighted by Crippen LogP contribution is 2.44. The lowest BCUT2D eigenvalue weighted by Gasteiger charge is -2.34. The lowest BCUT2D eigenvalue weighted by molar-refractivity contribution is 0.265. The van der Waals surface area contributed by atoms with Crippen molar-refractivity contribution in [1.82, 2.24) is 10.3 Å². The van der Waals surface area contributed by atoms with E-state index in [4.69, 9.17) is 4.98 Å². The van der Waals surface area contributed by atoms with Crippen LogP contribution in [0.2, 0.25) is 0 Å². The Morgan fingerprint density at radius 1 is 1.38 bits per heavy atom. The summed E-state index contributed by atoms with van der Waals surface area (Å²) in [7, 11) is 1.99. The number of hydrogen-bond donors (Lipinski definition) is 1. The monoisotopic (exact) mass is 304 g/mol. The molecule has 1 unspecified atom stereocenters. The maximum absolute atomic E-state index is 14.1. The first-order valence-corrected chi connectivity index (χ1v) is 8.15. The van der Waals surface area contributed by atoms with Gasteiger partial charge < -0.3 is 5.32 Å². The molecule has 21 heavy (non-hydrogen) atoms. The average molecular weight is 304 g/mol. The number of nitrogens with zero attached hydrogens (tertiary/aromatic N) is 1.